The van der Waals surface area contributed by atoms with Crippen LogP contribution in [0.1, 0.15) is 38.5 Å². The number of carbonyl (C=O) groups excluding carboxylic acids is 1. The van der Waals surface area contributed by atoms with E-state index in [2.05, 4.69) is 4.90 Å². The van der Waals surface area contributed by atoms with Crippen molar-refractivity contribution < 1.29 is 9.53 Å². The third kappa shape index (κ3) is 2.85. The minimum absolute atomic E-state index is 0.0350. The maximum atomic E-state index is 12.1. The van der Waals surface area contributed by atoms with Crippen molar-refractivity contribution in [2.24, 2.45) is 5.73 Å². The van der Waals surface area contributed by atoms with E-state index in [0.29, 0.717) is 6.42 Å². The summed E-state index contributed by atoms with van der Waals surface area (Å²) in [7, 11) is 0. The van der Waals surface area contributed by atoms with E-state index in [4.69, 9.17) is 10.5 Å². The lowest BCUT2D eigenvalue weighted by molar-refractivity contribution is -0.131. The molecule has 0 aromatic carbocycles. The third-order valence-electron chi connectivity index (χ3n) is 5.20. The summed E-state index contributed by atoms with van der Waals surface area (Å²) in [5, 5.41) is 0. The third-order valence-corrected chi connectivity index (χ3v) is 5.20. The second-order valence-electron chi connectivity index (χ2n) is 6.62. The summed E-state index contributed by atoms with van der Waals surface area (Å²) in [4.78, 5) is 16.7. The molecule has 1 atom stereocenters. The number of rotatable bonds is 3. The Morgan fingerprint density at radius 3 is 2.50 bits per heavy atom. The standard InChI is InChI=1S/C15H27N3O2/c16-13-10-14(19)17(11-13)12-15(4-2-1-3-5-15)18-6-8-20-9-7-18/h13H,1-12,16H2. The topological polar surface area (TPSA) is 58.8 Å². The molecule has 114 valence electrons. The Bertz CT molecular complexity index is 349. The van der Waals surface area contributed by atoms with Crippen LogP contribution in [0.3, 0.4) is 0 Å². The van der Waals surface area contributed by atoms with Gasteiger partial charge in [-0.1, -0.05) is 19.3 Å². The lowest BCUT2D eigenvalue weighted by Gasteiger charge is -2.49. The molecule has 1 unspecified atom stereocenters. The summed E-state index contributed by atoms with van der Waals surface area (Å²) in [6.45, 7) is 5.29. The molecular weight excluding hydrogens is 254 g/mol. The Morgan fingerprint density at radius 1 is 1.20 bits per heavy atom. The molecular formula is C15H27N3O2. The van der Waals surface area contributed by atoms with Crippen molar-refractivity contribution in [2.75, 3.05) is 39.4 Å². The van der Waals surface area contributed by atoms with Crippen molar-refractivity contribution in [1.82, 2.24) is 9.80 Å². The highest BCUT2D eigenvalue weighted by molar-refractivity contribution is 5.79. The molecule has 1 aliphatic carbocycles. The fraction of sp³-hybridized carbons (Fsp3) is 0.933. The number of carbonyl (C=O) groups is 1. The number of morpholine rings is 1. The van der Waals surface area contributed by atoms with Gasteiger partial charge in [-0.2, -0.15) is 0 Å². The molecule has 20 heavy (non-hydrogen) atoms. The van der Waals surface area contributed by atoms with Crippen LogP contribution in [-0.2, 0) is 9.53 Å². The molecule has 2 heterocycles. The van der Waals surface area contributed by atoms with Gasteiger partial charge in [0.1, 0.15) is 0 Å². The smallest absolute Gasteiger partial charge is 0.224 e. The zero-order chi connectivity index (χ0) is 14.0. The molecule has 3 fully saturated rings. The molecule has 0 spiro atoms. The maximum Gasteiger partial charge on any atom is 0.224 e. The van der Waals surface area contributed by atoms with Crippen LogP contribution < -0.4 is 5.73 Å². The first-order valence-electron chi connectivity index (χ1n) is 8.06. The zero-order valence-corrected chi connectivity index (χ0v) is 12.4. The number of nitrogens with two attached hydrogens (primary N) is 1. The minimum Gasteiger partial charge on any atom is -0.379 e. The van der Waals surface area contributed by atoms with Crippen LogP contribution in [0.5, 0.6) is 0 Å². The van der Waals surface area contributed by atoms with Crippen LogP contribution in [-0.4, -0.2) is 66.7 Å². The van der Waals surface area contributed by atoms with E-state index in [1.54, 1.807) is 0 Å². The normalized spacial score (nSPS) is 31.8. The quantitative estimate of drug-likeness (QED) is 0.822. The molecule has 1 saturated carbocycles. The molecule has 3 rings (SSSR count). The van der Waals surface area contributed by atoms with E-state index < -0.39 is 0 Å². The van der Waals surface area contributed by atoms with E-state index in [-0.39, 0.29) is 17.5 Å². The van der Waals surface area contributed by atoms with Gasteiger partial charge in [0.2, 0.25) is 5.91 Å². The largest absolute Gasteiger partial charge is 0.379 e. The van der Waals surface area contributed by atoms with E-state index in [0.717, 1.165) is 39.4 Å². The minimum atomic E-state index is 0.0350. The van der Waals surface area contributed by atoms with Gasteiger partial charge >= 0.3 is 0 Å². The van der Waals surface area contributed by atoms with Gasteiger partial charge in [-0.25, -0.2) is 0 Å². The lowest BCUT2D eigenvalue weighted by Crippen LogP contribution is -2.60. The second kappa shape index (κ2) is 6.00. The number of hydrogen-bond acceptors (Lipinski definition) is 4. The number of ether oxygens (including phenoxy) is 1. The molecule has 5 heteroatoms. The van der Waals surface area contributed by atoms with Crippen molar-refractivity contribution in [2.45, 2.75) is 50.1 Å². The summed E-state index contributed by atoms with van der Waals surface area (Å²) < 4.78 is 5.50. The van der Waals surface area contributed by atoms with Crippen LogP contribution in [0, 0.1) is 0 Å². The predicted molar refractivity (Wildman–Crippen MR) is 77.4 cm³/mol. The first kappa shape index (κ1) is 14.3. The highest BCUT2D eigenvalue weighted by Gasteiger charge is 2.42. The first-order chi connectivity index (χ1) is 9.70. The monoisotopic (exact) mass is 281 g/mol. The summed E-state index contributed by atoms with van der Waals surface area (Å²) >= 11 is 0. The van der Waals surface area contributed by atoms with Gasteiger partial charge in [0.05, 0.1) is 13.2 Å². The van der Waals surface area contributed by atoms with Crippen LogP contribution in [0.25, 0.3) is 0 Å². The highest BCUT2D eigenvalue weighted by atomic mass is 16.5. The molecule has 2 saturated heterocycles. The Hall–Kier alpha value is -0.650. The lowest BCUT2D eigenvalue weighted by atomic mass is 9.79. The van der Waals surface area contributed by atoms with Gasteiger partial charge in [0.25, 0.3) is 0 Å². The van der Waals surface area contributed by atoms with Crippen molar-refractivity contribution in [3.05, 3.63) is 0 Å². The molecule has 0 aromatic heterocycles. The molecule has 3 aliphatic rings. The Kier molecular flexibility index (Phi) is 4.29. The fourth-order valence-electron chi connectivity index (χ4n) is 4.13. The van der Waals surface area contributed by atoms with Gasteiger partial charge in [-0.3, -0.25) is 9.69 Å². The van der Waals surface area contributed by atoms with E-state index >= 15 is 0 Å². The average Bonchev–Trinajstić information content (AvgIpc) is 2.79. The Balaban J connectivity index is 1.73. The van der Waals surface area contributed by atoms with Crippen molar-refractivity contribution in [1.29, 1.82) is 0 Å². The SMILES string of the molecule is NC1CC(=O)N(CC2(N3CCOCC3)CCCCC2)C1. The van der Waals surface area contributed by atoms with Crippen molar-refractivity contribution >= 4 is 5.91 Å². The molecule has 0 radical (unpaired) electrons. The maximum absolute atomic E-state index is 12.1. The zero-order valence-electron chi connectivity index (χ0n) is 12.4. The number of amides is 1. The van der Waals surface area contributed by atoms with Crippen LogP contribution >= 0.6 is 0 Å². The van der Waals surface area contributed by atoms with Gasteiger partial charge in [-0.15, -0.1) is 0 Å². The van der Waals surface area contributed by atoms with Gasteiger partial charge in [-0.05, 0) is 12.8 Å². The van der Waals surface area contributed by atoms with E-state index in [1.807, 2.05) is 4.90 Å². The summed E-state index contributed by atoms with van der Waals surface area (Å²) in [6.07, 6.45) is 6.85. The van der Waals surface area contributed by atoms with Gasteiger partial charge in [0.15, 0.2) is 0 Å². The molecule has 1 amide bonds. The van der Waals surface area contributed by atoms with Crippen LogP contribution in [0.15, 0.2) is 0 Å². The van der Waals surface area contributed by atoms with Crippen molar-refractivity contribution in [3.63, 3.8) is 0 Å². The van der Waals surface area contributed by atoms with Crippen molar-refractivity contribution in [3.8, 4) is 0 Å². The summed E-state index contributed by atoms with van der Waals surface area (Å²) in [6, 6.07) is 0.0350. The van der Waals surface area contributed by atoms with Crippen LogP contribution in [0.2, 0.25) is 0 Å². The highest BCUT2D eigenvalue weighted by Crippen LogP contribution is 2.35. The Morgan fingerprint density at radius 2 is 1.90 bits per heavy atom. The second-order valence-corrected chi connectivity index (χ2v) is 6.62. The average molecular weight is 281 g/mol. The molecule has 5 nitrogen and oxygen atoms in total. The van der Waals surface area contributed by atoms with Gasteiger partial charge in [0, 0.05) is 44.2 Å². The molecule has 0 bridgehead atoms. The number of nitrogens with zero attached hydrogens (tertiary/aromatic N) is 2. The van der Waals surface area contributed by atoms with Crippen LogP contribution in [0.4, 0.5) is 0 Å². The molecule has 2 N–H and O–H groups in total. The summed E-state index contributed by atoms with van der Waals surface area (Å²) in [5.41, 5.74) is 6.13. The van der Waals surface area contributed by atoms with Gasteiger partial charge < -0.3 is 15.4 Å². The predicted octanol–water partition coefficient (Wildman–Crippen LogP) is 0.581. The summed E-state index contributed by atoms with van der Waals surface area (Å²) in [5.74, 6) is 0.246. The number of hydrogen-bond donors (Lipinski definition) is 1. The number of likely N-dealkylation sites (tertiary alicyclic amines) is 1. The Labute approximate surface area is 121 Å². The van der Waals surface area contributed by atoms with E-state index in [9.17, 15) is 4.79 Å². The van der Waals surface area contributed by atoms with E-state index in [1.165, 1.54) is 32.1 Å². The molecule has 2 aliphatic heterocycles. The first-order valence-corrected chi connectivity index (χ1v) is 8.06. The molecule has 0 aromatic rings. The fourth-order valence-corrected chi connectivity index (χ4v) is 4.13.